The van der Waals surface area contributed by atoms with Crippen molar-refractivity contribution in [3.8, 4) is 28.8 Å². The van der Waals surface area contributed by atoms with E-state index in [0.717, 1.165) is 16.8 Å². The van der Waals surface area contributed by atoms with Crippen molar-refractivity contribution in [1.82, 2.24) is 35.1 Å². The van der Waals surface area contributed by atoms with Gasteiger partial charge in [-0.2, -0.15) is 9.78 Å². The van der Waals surface area contributed by atoms with Crippen molar-refractivity contribution in [2.24, 2.45) is 0 Å². The number of nitrogens with one attached hydrogen (secondary N) is 2. The molecule has 0 saturated heterocycles. The highest BCUT2D eigenvalue weighted by atomic mass is 32.1. The Hall–Kier alpha value is -4.31. The molecule has 0 bridgehead atoms. The number of rotatable bonds is 7. The zero-order valence-electron chi connectivity index (χ0n) is 16.8. The van der Waals surface area contributed by atoms with E-state index in [2.05, 4.69) is 31.1 Å². The Kier molecular flexibility index (Phi) is 5.41. The fourth-order valence-electron chi connectivity index (χ4n) is 3.19. The second kappa shape index (κ2) is 8.82. The Balaban J connectivity index is 1.33. The van der Waals surface area contributed by atoms with Crippen LogP contribution in [0.15, 0.2) is 84.9 Å². The molecule has 0 fully saturated rings. The van der Waals surface area contributed by atoms with Crippen LogP contribution in [0.5, 0.6) is 11.8 Å². The maximum Gasteiger partial charge on any atom is 0.345 e. The lowest BCUT2D eigenvalue weighted by atomic mass is 10.2. The Morgan fingerprint density at radius 2 is 1.72 bits per heavy atom. The number of aromatic nitrogens is 7. The van der Waals surface area contributed by atoms with E-state index in [9.17, 15) is 0 Å². The highest BCUT2D eigenvalue weighted by Crippen LogP contribution is 2.22. The Bertz CT molecular complexity index is 1380. The fraction of sp³-hybridized carbons (Fsp3) is 0.0455. The molecule has 0 aliphatic rings. The van der Waals surface area contributed by atoms with Crippen molar-refractivity contribution in [2.75, 3.05) is 5.43 Å². The van der Waals surface area contributed by atoms with E-state index in [4.69, 9.17) is 17.0 Å². The third-order valence-electron chi connectivity index (χ3n) is 4.69. The molecule has 0 spiro atoms. The monoisotopic (exact) mass is 442 g/mol. The average Bonchev–Trinajstić information content (AvgIpc) is 3.45. The molecule has 0 aliphatic carbocycles. The summed E-state index contributed by atoms with van der Waals surface area (Å²) in [4.78, 5) is 0. The number of para-hydroxylation sites is 1. The number of ether oxygens (including phenoxy) is 1. The lowest BCUT2D eigenvalue weighted by Gasteiger charge is -2.11. The van der Waals surface area contributed by atoms with Crippen LogP contribution < -0.4 is 10.2 Å². The van der Waals surface area contributed by atoms with E-state index < -0.39 is 0 Å². The highest BCUT2D eigenvalue weighted by molar-refractivity contribution is 7.71. The number of hydrogen-bond donors (Lipinski definition) is 2. The third kappa shape index (κ3) is 4.12. The van der Waals surface area contributed by atoms with Gasteiger partial charge < -0.3 is 10.2 Å². The quantitative estimate of drug-likeness (QED) is 0.366. The molecule has 0 aliphatic heterocycles. The maximum absolute atomic E-state index is 5.95. The molecule has 9 nitrogen and oxygen atoms in total. The van der Waals surface area contributed by atoms with Gasteiger partial charge in [-0.15, -0.1) is 0 Å². The molecule has 5 aromatic rings. The molecular formula is C22H18N8OS. The van der Waals surface area contributed by atoms with Crippen LogP contribution >= 0.6 is 12.2 Å². The summed E-state index contributed by atoms with van der Waals surface area (Å²) in [6, 6.07) is 27.4. The summed E-state index contributed by atoms with van der Waals surface area (Å²) in [5, 5.41) is 18.9. The number of tetrazole rings is 1. The van der Waals surface area contributed by atoms with Gasteiger partial charge in [-0.05, 0) is 52.5 Å². The lowest BCUT2D eigenvalue weighted by Crippen LogP contribution is -2.15. The molecule has 2 aromatic heterocycles. The number of hydrogen-bond acceptors (Lipinski definition) is 7. The smallest absolute Gasteiger partial charge is 0.345 e. The summed E-state index contributed by atoms with van der Waals surface area (Å²) in [5.41, 5.74) is 6.08. The third-order valence-corrected chi connectivity index (χ3v) is 4.97. The summed E-state index contributed by atoms with van der Waals surface area (Å²) in [5.74, 6) is 1.33. The molecule has 10 heteroatoms. The predicted molar refractivity (Wildman–Crippen MR) is 122 cm³/mol. The van der Waals surface area contributed by atoms with E-state index in [0.29, 0.717) is 22.9 Å². The van der Waals surface area contributed by atoms with Crippen molar-refractivity contribution in [1.29, 1.82) is 0 Å². The number of aromatic amines is 1. The summed E-state index contributed by atoms with van der Waals surface area (Å²) in [6.07, 6.45) is 0. The van der Waals surface area contributed by atoms with Crippen LogP contribution in [0, 0.1) is 4.77 Å². The van der Waals surface area contributed by atoms with Gasteiger partial charge in [0.25, 0.3) is 0 Å². The van der Waals surface area contributed by atoms with Crippen LogP contribution in [0.4, 0.5) is 0 Å². The van der Waals surface area contributed by atoms with Crippen LogP contribution in [0.25, 0.3) is 17.1 Å². The van der Waals surface area contributed by atoms with E-state index >= 15 is 0 Å². The van der Waals surface area contributed by atoms with E-state index in [1.165, 1.54) is 0 Å². The van der Waals surface area contributed by atoms with Crippen LogP contribution in [-0.4, -0.2) is 35.1 Å². The number of benzene rings is 3. The molecule has 5 rings (SSSR count). The first-order valence-electron chi connectivity index (χ1n) is 9.85. The molecule has 2 N–H and O–H groups in total. The molecule has 0 unspecified atom stereocenters. The van der Waals surface area contributed by atoms with Crippen molar-refractivity contribution in [3.05, 3.63) is 95.3 Å². The average molecular weight is 443 g/mol. The normalized spacial score (nSPS) is 10.8. The van der Waals surface area contributed by atoms with Crippen molar-refractivity contribution in [3.63, 3.8) is 0 Å². The molecular weight excluding hydrogens is 424 g/mol. The minimum atomic E-state index is 0.282. The Labute approximate surface area is 188 Å². The van der Waals surface area contributed by atoms with Crippen molar-refractivity contribution in [2.45, 2.75) is 6.54 Å². The van der Waals surface area contributed by atoms with E-state index in [1.54, 1.807) is 9.36 Å². The van der Waals surface area contributed by atoms with Gasteiger partial charge in [-0.1, -0.05) is 65.8 Å². The van der Waals surface area contributed by atoms with Crippen LogP contribution in [0.2, 0.25) is 0 Å². The summed E-state index contributed by atoms with van der Waals surface area (Å²) < 4.78 is 9.74. The summed E-state index contributed by atoms with van der Waals surface area (Å²) in [7, 11) is 0. The van der Waals surface area contributed by atoms with Gasteiger partial charge in [-0.25, -0.2) is 9.77 Å². The van der Waals surface area contributed by atoms with Crippen LogP contribution in [0.1, 0.15) is 5.56 Å². The van der Waals surface area contributed by atoms with Gasteiger partial charge in [-0.3, -0.25) is 0 Å². The molecule has 2 heterocycles. The summed E-state index contributed by atoms with van der Waals surface area (Å²) >= 11 is 5.38. The second-order valence-corrected chi connectivity index (χ2v) is 7.23. The molecule has 32 heavy (non-hydrogen) atoms. The molecule has 3 aromatic carbocycles. The van der Waals surface area contributed by atoms with Crippen LogP contribution in [-0.2, 0) is 6.54 Å². The first kappa shape index (κ1) is 19.6. The standard InChI is InChI=1S/C22H18N8OS/c32-22-26-24-20(17-9-3-1-4-10-17)30(22)23-15-16-8-7-13-19(14-16)31-21-25-27-28-29(21)18-11-5-2-6-12-18/h1-14,23H,15H2,(H,26,32). The van der Waals surface area contributed by atoms with Gasteiger partial charge >= 0.3 is 6.01 Å². The minimum Gasteiger partial charge on any atom is -0.423 e. The Morgan fingerprint density at radius 3 is 2.53 bits per heavy atom. The topological polar surface area (TPSA) is 98.5 Å². The molecule has 0 saturated carbocycles. The first-order valence-corrected chi connectivity index (χ1v) is 10.3. The Morgan fingerprint density at radius 1 is 0.938 bits per heavy atom. The van der Waals surface area contributed by atoms with E-state index in [1.807, 2.05) is 84.9 Å². The SMILES string of the molecule is S=c1[nH]nc(-c2ccccc2)n1NCc1cccc(Oc2nnnn2-c2ccccc2)c1. The largest absolute Gasteiger partial charge is 0.423 e. The maximum atomic E-state index is 5.95. The fourth-order valence-corrected chi connectivity index (χ4v) is 3.39. The molecule has 158 valence electrons. The predicted octanol–water partition coefficient (Wildman–Crippen LogP) is 4.12. The highest BCUT2D eigenvalue weighted by Gasteiger charge is 2.11. The van der Waals surface area contributed by atoms with Gasteiger partial charge in [0.15, 0.2) is 5.82 Å². The zero-order valence-corrected chi connectivity index (χ0v) is 17.6. The van der Waals surface area contributed by atoms with Gasteiger partial charge in [0.05, 0.1) is 12.2 Å². The van der Waals surface area contributed by atoms with Crippen molar-refractivity contribution >= 4 is 12.2 Å². The minimum absolute atomic E-state index is 0.282. The molecule has 0 atom stereocenters. The van der Waals surface area contributed by atoms with Crippen molar-refractivity contribution < 1.29 is 4.74 Å². The van der Waals surface area contributed by atoms with Gasteiger partial charge in [0, 0.05) is 5.56 Å². The van der Waals surface area contributed by atoms with Gasteiger partial charge in [0.1, 0.15) is 5.75 Å². The summed E-state index contributed by atoms with van der Waals surface area (Å²) in [6.45, 7) is 0.508. The second-order valence-electron chi connectivity index (χ2n) is 6.85. The van der Waals surface area contributed by atoms with E-state index in [-0.39, 0.29) is 6.01 Å². The number of H-pyrrole nitrogens is 1. The lowest BCUT2D eigenvalue weighted by molar-refractivity contribution is 0.427. The van der Waals surface area contributed by atoms with Gasteiger partial charge in [0.2, 0.25) is 4.77 Å². The molecule has 0 radical (unpaired) electrons. The zero-order chi connectivity index (χ0) is 21.8. The molecule has 0 amide bonds. The number of nitrogens with zero attached hydrogens (tertiary/aromatic N) is 6. The first-order chi connectivity index (χ1) is 15.8. The van der Waals surface area contributed by atoms with Crippen LogP contribution in [0.3, 0.4) is 0 Å².